The lowest BCUT2D eigenvalue weighted by Crippen LogP contribution is -2.46. The summed E-state index contributed by atoms with van der Waals surface area (Å²) in [4.78, 5) is 14.8. The van der Waals surface area contributed by atoms with Crippen LogP contribution in [0.5, 0.6) is 0 Å². The van der Waals surface area contributed by atoms with Crippen LogP contribution in [0.2, 0.25) is 0 Å². The van der Waals surface area contributed by atoms with E-state index in [0.29, 0.717) is 12.5 Å². The molecule has 114 valence electrons. The fraction of sp³-hybridized carbons (Fsp3) is 0.562. The number of amides is 1. The van der Waals surface area contributed by atoms with E-state index in [1.54, 1.807) is 7.11 Å². The van der Waals surface area contributed by atoms with Crippen molar-refractivity contribution in [1.82, 2.24) is 4.90 Å². The Morgan fingerprint density at radius 1 is 1.33 bits per heavy atom. The van der Waals surface area contributed by atoms with Crippen LogP contribution in [0.25, 0.3) is 0 Å². The van der Waals surface area contributed by atoms with Crippen LogP contribution in [0.15, 0.2) is 18.2 Å². The van der Waals surface area contributed by atoms with E-state index in [1.165, 1.54) is 0 Å². The highest BCUT2D eigenvalue weighted by molar-refractivity contribution is 6.02. The molecule has 1 fully saturated rings. The van der Waals surface area contributed by atoms with Gasteiger partial charge in [-0.05, 0) is 24.5 Å². The molecule has 0 saturated carbocycles. The van der Waals surface area contributed by atoms with Gasteiger partial charge >= 0.3 is 0 Å². The van der Waals surface area contributed by atoms with Gasteiger partial charge in [0.05, 0.1) is 23.0 Å². The highest BCUT2D eigenvalue weighted by Crippen LogP contribution is 2.30. The average molecular weight is 289 g/mol. The van der Waals surface area contributed by atoms with Crippen molar-refractivity contribution in [2.45, 2.75) is 19.4 Å². The van der Waals surface area contributed by atoms with E-state index in [9.17, 15) is 4.79 Å². The minimum atomic E-state index is 0.0944. The summed E-state index contributed by atoms with van der Waals surface area (Å²) in [7, 11) is 1.73. The number of likely N-dealkylation sites (tertiary alicyclic amines) is 1. The van der Waals surface area contributed by atoms with Crippen molar-refractivity contribution < 1.29 is 9.53 Å². The molecule has 2 aliphatic rings. The Morgan fingerprint density at radius 3 is 2.95 bits per heavy atom. The first-order valence-corrected chi connectivity index (χ1v) is 7.63. The maximum atomic E-state index is 12.8. The standard InChI is InChI=1S/C16H23N3O2/c1-11-6-9-19(10-14(11)21-2)16(20)12-4-3-5-13-15(12)18-8-7-17-13/h3-5,11,14,17-18H,6-10H2,1-2H3. The van der Waals surface area contributed by atoms with E-state index in [-0.39, 0.29) is 12.0 Å². The summed E-state index contributed by atoms with van der Waals surface area (Å²) in [5, 5.41) is 6.67. The molecule has 0 radical (unpaired) electrons. The molecule has 1 amide bonds. The smallest absolute Gasteiger partial charge is 0.256 e. The molecule has 2 heterocycles. The zero-order valence-corrected chi connectivity index (χ0v) is 12.7. The zero-order chi connectivity index (χ0) is 14.8. The molecule has 2 unspecified atom stereocenters. The Labute approximate surface area is 125 Å². The number of methoxy groups -OCH3 is 1. The van der Waals surface area contributed by atoms with E-state index in [4.69, 9.17) is 4.74 Å². The van der Waals surface area contributed by atoms with Gasteiger partial charge < -0.3 is 20.3 Å². The summed E-state index contributed by atoms with van der Waals surface area (Å²) in [6, 6.07) is 5.85. The molecule has 1 saturated heterocycles. The third kappa shape index (κ3) is 2.70. The van der Waals surface area contributed by atoms with Crippen molar-refractivity contribution in [2.24, 2.45) is 5.92 Å². The fourth-order valence-electron chi connectivity index (χ4n) is 3.15. The van der Waals surface area contributed by atoms with E-state index < -0.39 is 0 Å². The van der Waals surface area contributed by atoms with Crippen molar-refractivity contribution in [3.8, 4) is 0 Å². The van der Waals surface area contributed by atoms with Gasteiger partial charge in [0.2, 0.25) is 0 Å². The monoisotopic (exact) mass is 289 g/mol. The lowest BCUT2D eigenvalue weighted by Gasteiger charge is -2.36. The lowest BCUT2D eigenvalue weighted by molar-refractivity contribution is -0.00153. The first kappa shape index (κ1) is 14.2. The van der Waals surface area contributed by atoms with Gasteiger partial charge in [0, 0.05) is 33.3 Å². The number of benzene rings is 1. The molecular weight excluding hydrogens is 266 g/mol. The molecule has 0 aromatic heterocycles. The second-order valence-corrected chi connectivity index (χ2v) is 5.87. The molecule has 21 heavy (non-hydrogen) atoms. The van der Waals surface area contributed by atoms with Gasteiger partial charge in [0.15, 0.2) is 0 Å². The SMILES string of the molecule is COC1CN(C(=O)c2cccc3c2NCCN3)CCC1C. The molecule has 1 aromatic carbocycles. The Balaban J connectivity index is 1.82. The Kier molecular flexibility index (Phi) is 4.01. The summed E-state index contributed by atoms with van der Waals surface area (Å²) in [5.74, 6) is 0.598. The number of fused-ring (bicyclic) bond motifs is 1. The van der Waals surface area contributed by atoms with Crippen LogP contribution in [-0.2, 0) is 4.74 Å². The Hall–Kier alpha value is -1.75. The molecular formula is C16H23N3O2. The number of hydrogen-bond donors (Lipinski definition) is 2. The minimum absolute atomic E-state index is 0.0944. The minimum Gasteiger partial charge on any atom is -0.382 e. The molecule has 2 aliphatic heterocycles. The third-order valence-electron chi connectivity index (χ3n) is 4.52. The predicted octanol–water partition coefficient (Wildman–Crippen LogP) is 2.02. The van der Waals surface area contributed by atoms with Crippen LogP contribution in [0.4, 0.5) is 11.4 Å². The van der Waals surface area contributed by atoms with Gasteiger partial charge in [-0.1, -0.05) is 13.0 Å². The van der Waals surface area contributed by atoms with Crippen LogP contribution < -0.4 is 10.6 Å². The predicted molar refractivity (Wildman–Crippen MR) is 83.9 cm³/mol. The number of piperidine rings is 1. The number of rotatable bonds is 2. The molecule has 0 spiro atoms. The average Bonchev–Trinajstić information content (AvgIpc) is 2.54. The quantitative estimate of drug-likeness (QED) is 0.874. The number of para-hydroxylation sites is 1. The molecule has 5 nitrogen and oxygen atoms in total. The normalized spacial score (nSPS) is 24.8. The number of nitrogens with one attached hydrogen (secondary N) is 2. The van der Waals surface area contributed by atoms with Crippen LogP contribution in [0, 0.1) is 5.92 Å². The first-order chi connectivity index (χ1) is 10.2. The van der Waals surface area contributed by atoms with Crippen LogP contribution in [0.1, 0.15) is 23.7 Å². The summed E-state index contributed by atoms with van der Waals surface area (Å²) >= 11 is 0. The number of carbonyl (C=O) groups excluding carboxylic acids is 1. The Morgan fingerprint density at radius 2 is 2.14 bits per heavy atom. The highest BCUT2D eigenvalue weighted by Gasteiger charge is 2.30. The van der Waals surface area contributed by atoms with Gasteiger partial charge in [-0.2, -0.15) is 0 Å². The van der Waals surface area contributed by atoms with Crippen molar-refractivity contribution in [1.29, 1.82) is 0 Å². The zero-order valence-electron chi connectivity index (χ0n) is 12.7. The van der Waals surface area contributed by atoms with E-state index >= 15 is 0 Å². The van der Waals surface area contributed by atoms with Gasteiger partial charge in [0.1, 0.15) is 0 Å². The molecule has 5 heteroatoms. The molecule has 2 atom stereocenters. The Bertz CT molecular complexity index is 532. The maximum Gasteiger partial charge on any atom is 0.256 e. The highest BCUT2D eigenvalue weighted by atomic mass is 16.5. The van der Waals surface area contributed by atoms with Gasteiger partial charge in [-0.25, -0.2) is 0 Å². The van der Waals surface area contributed by atoms with E-state index in [0.717, 1.165) is 43.0 Å². The van der Waals surface area contributed by atoms with Gasteiger partial charge in [-0.3, -0.25) is 4.79 Å². The van der Waals surface area contributed by atoms with Crippen molar-refractivity contribution in [2.75, 3.05) is 43.9 Å². The summed E-state index contributed by atoms with van der Waals surface area (Å²) in [6.07, 6.45) is 1.12. The van der Waals surface area contributed by atoms with Gasteiger partial charge in [-0.15, -0.1) is 0 Å². The molecule has 0 bridgehead atoms. The second-order valence-electron chi connectivity index (χ2n) is 5.87. The molecule has 1 aromatic rings. The first-order valence-electron chi connectivity index (χ1n) is 7.63. The number of hydrogen-bond acceptors (Lipinski definition) is 4. The van der Waals surface area contributed by atoms with Crippen LogP contribution >= 0.6 is 0 Å². The third-order valence-corrected chi connectivity index (χ3v) is 4.52. The number of nitrogens with zero attached hydrogens (tertiary/aromatic N) is 1. The number of carbonyl (C=O) groups is 1. The van der Waals surface area contributed by atoms with Crippen molar-refractivity contribution in [3.63, 3.8) is 0 Å². The van der Waals surface area contributed by atoms with E-state index in [1.807, 2.05) is 23.1 Å². The van der Waals surface area contributed by atoms with Crippen molar-refractivity contribution >= 4 is 17.3 Å². The lowest BCUT2D eigenvalue weighted by atomic mass is 9.95. The fourth-order valence-corrected chi connectivity index (χ4v) is 3.15. The summed E-state index contributed by atoms with van der Waals surface area (Å²) in [5.41, 5.74) is 2.70. The van der Waals surface area contributed by atoms with Crippen LogP contribution in [-0.4, -0.2) is 50.2 Å². The largest absolute Gasteiger partial charge is 0.382 e. The molecule has 3 rings (SSSR count). The topological polar surface area (TPSA) is 53.6 Å². The second kappa shape index (κ2) is 5.93. The number of anilines is 2. The van der Waals surface area contributed by atoms with E-state index in [2.05, 4.69) is 17.6 Å². The summed E-state index contributed by atoms with van der Waals surface area (Å²) < 4.78 is 5.51. The van der Waals surface area contributed by atoms with Crippen LogP contribution in [0.3, 0.4) is 0 Å². The van der Waals surface area contributed by atoms with Gasteiger partial charge in [0.25, 0.3) is 5.91 Å². The number of ether oxygens (including phenoxy) is 1. The molecule has 2 N–H and O–H groups in total. The van der Waals surface area contributed by atoms with Crippen molar-refractivity contribution in [3.05, 3.63) is 23.8 Å². The maximum absolute atomic E-state index is 12.8. The summed E-state index contributed by atoms with van der Waals surface area (Å²) in [6.45, 7) is 5.39. The molecule has 0 aliphatic carbocycles.